The van der Waals surface area contributed by atoms with Gasteiger partial charge in [0.15, 0.2) is 0 Å². The molecule has 0 saturated carbocycles. The lowest BCUT2D eigenvalue weighted by atomic mass is 10.2. The maximum Gasteiger partial charge on any atom is 0.318 e. The number of nitrogens with zero attached hydrogens (tertiary/aromatic N) is 1. The fourth-order valence-electron chi connectivity index (χ4n) is 0.942. The highest BCUT2D eigenvalue weighted by Crippen LogP contribution is 1.97. The molecule has 84 valence electrons. The Balaban J connectivity index is 3.86. The minimum Gasteiger partial charge on any atom is -0.481 e. The third-order valence-corrected chi connectivity index (χ3v) is 1.84. The molecule has 1 unspecified atom stereocenters. The Bertz CT molecular complexity index is 270. The maximum absolute atomic E-state index is 11.4. The van der Waals surface area contributed by atoms with Gasteiger partial charge in [-0.15, -0.1) is 6.42 Å². The van der Waals surface area contributed by atoms with Crippen molar-refractivity contribution in [2.75, 3.05) is 13.6 Å². The lowest BCUT2D eigenvalue weighted by Crippen LogP contribution is -2.42. The number of hydrogen-bond acceptors (Lipinski definition) is 2. The zero-order chi connectivity index (χ0) is 11.8. The van der Waals surface area contributed by atoms with Crippen molar-refractivity contribution in [3.05, 3.63) is 0 Å². The van der Waals surface area contributed by atoms with Crippen molar-refractivity contribution in [1.29, 1.82) is 0 Å². The van der Waals surface area contributed by atoms with Crippen LogP contribution in [-0.4, -0.2) is 41.6 Å². The molecule has 2 amide bonds. The van der Waals surface area contributed by atoms with E-state index in [0.717, 1.165) is 0 Å². The summed E-state index contributed by atoms with van der Waals surface area (Å²) in [6.45, 7) is 1.99. The smallest absolute Gasteiger partial charge is 0.318 e. The molecule has 0 aromatic heterocycles. The van der Waals surface area contributed by atoms with Crippen LogP contribution in [0, 0.1) is 12.3 Å². The quantitative estimate of drug-likeness (QED) is 0.652. The molecule has 0 heterocycles. The Morgan fingerprint density at radius 1 is 1.60 bits per heavy atom. The van der Waals surface area contributed by atoms with Gasteiger partial charge in [-0.25, -0.2) is 4.79 Å². The highest BCUT2D eigenvalue weighted by molar-refractivity contribution is 5.74. The number of carboxylic acid groups (broad SMARTS) is 1. The van der Waals surface area contributed by atoms with E-state index < -0.39 is 5.97 Å². The Labute approximate surface area is 89.4 Å². The molecule has 5 nitrogen and oxygen atoms in total. The Morgan fingerprint density at radius 2 is 2.20 bits per heavy atom. The molecule has 0 rings (SSSR count). The van der Waals surface area contributed by atoms with Crippen molar-refractivity contribution in [3.8, 4) is 12.3 Å². The fourth-order valence-corrected chi connectivity index (χ4v) is 0.942. The molecule has 0 spiro atoms. The molecular weight excluding hydrogens is 196 g/mol. The molecule has 5 heteroatoms. The number of aliphatic carboxylic acids is 1. The lowest BCUT2D eigenvalue weighted by molar-refractivity contribution is -0.137. The van der Waals surface area contributed by atoms with Gasteiger partial charge in [-0.2, -0.15) is 0 Å². The first kappa shape index (κ1) is 13.3. The monoisotopic (exact) mass is 212 g/mol. The van der Waals surface area contributed by atoms with Crippen LogP contribution in [0.15, 0.2) is 0 Å². The van der Waals surface area contributed by atoms with E-state index in [1.807, 2.05) is 0 Å². The summed E-state index contributed by atoms with van der Waals surface area (Å²) in [6, 6.07) is -0.459. The van der Waals surface area contributed by atoms with Crippen LogP contribution in [0.25, 0.3) is 0 Å². The summed E-state index contributed by atoms with van der Waals surface area (Å²) in [5.74, 6) is 1.48. The van der Waals surface area contributed by atoms with Crippen molar-refractivity contribution in [2.24, 2.45) is 0 Å². The van der Waals surface area contributed by atoms with Gasteiger partial charge in [0.2, 0.25) is 0 Å². The topological polar surface area (TPSA) is 69.6 Å². The Hall–Kier alpha value is -1.70. The molecule has 15 heavy (non-hydrogen) atoms. The summed E-state index contributed by atoms with van der Waals surface area (Å²) in [5.41, 5.74) is 0. The number of terminal acetylenes is 1. The van der Waals surface area contributed by atoms with Crippen molar-refractivity contribution in [2.45, 2.75) is 25.8 Å². The molecule has 0 aliphatic heterocycles. The SMILES string of the molecule is C#CCN(C)C(=O)NC(C)CCC(=O)O. The lowest BCUT2D eigenvalue weighted by Gasteiger charge is -2.18. The van der Waals surface area contributed by atoms with Crippen LogP contribution in [0.3, 0.4) is 0 Å². The molecule has 0 aliphatic carbocycles. The number of rotatable bonds is 5. The van der Waals surface area contributed by atoms with Crippen LogP contribution in [0.1, 0.15) is 19.8 Å². The van der Waals surface area contributed by atoms with E-state index >= 15 is 0 Å². The molecule has 0 aliphatic rings. The zero-order valence-electron chi connectivity index (χ0n) is 8.99. The van der Waals surface area contributed by atoms with Crippen molar-refractivity contribution < 1.29 is 14.7 Å². The number of hydrogen-bond donors (Lipinski definition) is 2. The maximum atomic E-state index is 11.4. The largest absolute Gasteiger partial charge is 0.481 e. The van der Waals surface area contributed by atoms with Crippen LogP contribution < -0.4 is 5.32 Å². The van der Waals surface area contributed by atoms with E-state index in [-0.39, 0.29) is 25.0 Å². The van der Waals surface area contributed by atoms with E-state index in [2.05, 4.69) is 11.2 Å². The van der Waals surface area contributed by atoms with Crippen molar-refractivity contribution in [1.82, 2.24) is 10.2 Å². The van der Waals surface area contributed by atoms with Gasteiger partial charge in [0.25, 0.3) is 0 Å². The van der Waals surface area contributed by atoms with Gasteiger partial charge in [0.05, 0.1) is 6.54 Å². The number of carboxylic acids is 1. The van der Waals surface area contributed by atoms with Crippen LogP contribution in [0.5, 0.6) is 0 Å². The molecule has 0 saturated heterocycles. The summed E-state index contributed by atoms with van der Waals surface area (Å²) in [7, 11) is 1.58. The standard InChI is InChI=1S/C10H16N2O3/c1-4-7-12(3)10(15)11-8(2)5-6-9(13)14/h1,8H,5-7H2,2-3H3,(H,11,15)(H,13,14). The molecule has 2 N–H and O–H groups in total. The normalized spacial score (nSPS) is 11.3. The van der Waals surface area contributed by atoms with Gasteiger partial charge in [-0.3, -0.25) is 4.79 Å². The number of nitrogens with one attached hydrogen (secondary N) is 1. The van der Waals surface area contributed by atoms with Gasteiger partial charge in [-0.1, -0.05) is 5.92 Å². The van der Waals surface area contributed by atoms with E-state index in [1.165, 1.54) is 4.90 Å². The van der Waals surface area contributed by atoms with Gasteiger partial charge in [0.1, 0.15) is 0 Å². The first-order valence-corrected chi connectivity index (χ1v) is 4.64. The summed E-state index contributed by atoms with van der Waals surface area (Å²) in [4.78, 5) is 23.0. The Morgan fingerprint density at radius 3 is 2.67 bits per heavy atom. The molecule has 0 radical (unpaired) electrons. The second-order valence-corrected chi connectivity index (χ2v) is 3.34. The van der Waals surface area contributed by atoms with Gasteiger partial charge < -0.3 is 15.3 Å². The number of carbonyl (C=O) groups is 2. The van der Waals surface area contributed by atoms with Crippen LogP contribution >= 0.6 is 0 Å². The predicted molar refractivity (Wildman–Crippen MR) is 56.3 cm³/mol. The van der Waals surface area contributed by atoms with Crippen molar-refractivity contribution >= 4 is 12.0 Å². The van der Waals surface area contributed by atoms with E-state index in [4.69, 9.17) is 11.5 Å². The summed E-state index contributed by atoms with van der Waals surface area (Å²) >= 11 is 0. The third-order valence-electron chi connectivity index (χ3n) is 1.84. The number of carbonyl (C=O) groups excluding carboxylic acids is 1. The second kappa shape index (κ2) is 6.71. The predicted octanol–water partition coefficient (Wildman–Crippen LogP) is 0.514. The average molecular weight is 212 g/mol. The molecule has 0 aromatic rings. The second-order valence-electron chi connectivity index (χ2n) is 3.34. The minimum atomic E-state index is -0.868. The molecular formula is C10H16N2O3. The van der Waals surface area contributed by atoms with Crippen molar-refractivity contribution in [3.63, 3.8) is 0 Å². The van der Waals surface area contributed by atoms with Crippen LogP contribution in [-0.2, 0) is 4.79 Å². The zero-order valence-corrected chi connectivity index (χ0v) is 8.99. The molecule has 0 aromatic carbocycles. The fraction of sp³-hybridized carbons (Fsp3) is 0.600. The first-order valence-electron chi connectivity index (χ1n) is 4.64. The van der Waals surface area contributed by atoms with E-state index in [0.29, 0.717) is 6.42 Å². The van der Waals surface area contributed by atoms with Crippen LogP contribution in [0.2, 0.25) is 0 Å². The summed E-state index contributed by atoms with van der Waals surface area (Å²) in [5, 5.41) is 11.1. The Kier molecular flexibility index (Phi) is 5.95. The molecule has 1 atom stereocenters. The van der Waals surface area contributed by atoms with Crippen LogP contribution in [0.4, 0.5) is 4.79 Å². The third kappa shape index (κ3) is 6.38. The average Bonchev–Trinajstić information content (AvgIpc) is 2.15. The first-order chi connectivity index (χ1) is 6.97. The number of urea groups is 1. The van der Waals surface area contributed by atoms with Gasteiger partial charge >= 0.3 is 12.0 Å². The van der Waals surface area contributed by atoms with E-state index in [9.17, 15) is 9.59 Å². The number of amides is 2. The van der Waals surface area contributed by atoms with Gasteiger partial charge in [0, 0.05) is 19.5 Å². The molecule has 0 fully saturated rings. The molecule has 0 bridgehead atoms. The highest BCUT2D eigenvalue weighted by atomic mass is 16.4. The summed E-state index contributed by atoms with van der Waals surface area (Å²) in [6.07, 6.45) is 5.50. The summed E-state index contributed by atoms with van der Waals surface area (Å²) < 4.78 is 0. The van der Waals surface area contributed by atoms with Gasteiger partial charge in [-0.05, 0) is 13.3 Å². The van der Waals surface area contributed by atoms with E-state index in [1.54, 1.807) is 14.0 Å². The highest BCUT2D eigenvalue weighted by Gasteiger charge is 2.11. The minimum absolute atomic E-state index is 0.0420.